The molecule has 0 spiro atoms. The van der Waals surface area contributed by atoms with Gasteiger partial charge in [0.15, 0.2) is 0 Å². The molecule has 0 fully saturated rings. The third-order valence-corrected chi connectivity index (χ3v) is 18.9. The first-order valence-corrected chi connectivity index (χ1v) is 32.8. The molecule has 0 saturated heterocycles. The Balaban J connectivity index is 0.632. The number of benzene rings is 15. The molecule has 0 aliphatic heterocycles. The molecule has 2 N–H and O–H groups in total. The highest BCUT2D eigenvalue weighted by atomic mass is 16.4. The van der Waals surface area contributed by atoms with Crippen molar-refractivity contribution in [1.29, 1.82) is 0 Å². The molecule has 15 aromatic carbocycles. The Morgan fingerprint density at radius 3 is 0.938 bits per heavy atom. The van der Waals surface area contributed by atoms with Gasteiger partial charge in [0.2, 0.25) is 0 Å². The number of hydrogen-bond acceptors (Lipinski definition) is 5. The number of rotatable bonds is 15. The molecule has 2 heterocycles. The van der Waals surface area contributed by atoms with E-state index in [0.717, 1.165) is 134 Å². The minimum atomic E-state index is -1.54. The van der Waals surface area contributed by atoms with Crippen molar-refractivity contribution in [2.24, 2.45) is 0 Å². The summed E-state index contributed by atoms with van der Waals surface area (Å²) in [5.41, 5.74) is 27.4. The van der Waals surface area contributed by atoms with Crippen molar-refractivity contribution in [3.05, 3.63) is 364 Å². The molecule has 17 rings (SSSR count). The molecule has 17 aromatic rings. The van der Waals surface area contributed by atoms with Crippen molar-refractivity contribution in [1.82, 2.24) is 4.57 Å². The molecule has 0 bridgehead atoms. The predicted molar refractivity (Wildman–Crippen MR) is 405 cm³/mol. The standard InChI is InChI=1S/C90H62BN3O3/c95-91(96)73-45-57-80(58-46-73)93(77-49-36-68(37-50-77)62-16-6-2-7-17-62)78-53-40-70(41-54-78)66-32-28-64(29-33-66)63-26-30-65(31-27-63)69-38-51-76(52-39-69)92(75-47-34-67(35-48-75)61-14-4-1-5-15-61)79-55-42-71(43-56-79)81-21-12-23-84-85-24-13-22-82(90(85)97-89(81)84)72-44-59-88-86(60-72)83-20-10-11-25-87(83)94(88)74-18-8-3-9-19-74/h1-60,95-96H. The van der Waals surface area contributed by atoms with Crippen LogP contribution < -0.4 is 15.3 Å². The summed E-state index contributed by atoms with van der Waals surface area (Å²) in [4.78, 5) is 4.52. The average molecular weight is 1240 g/mol. The maximum absolute atomic E-state index is 9.85. The zero-order chi connectivity index (χ0) is 64.8. The Kier molecular flexibility index (Phi) is 15.1. The van der Waals surface area contributed by atoms with Gasteiger partial charge in [-0.05, 0) is 175 Å². The second-order valence-electron chi connectivity index (χ2n) is 24.6. The maximum atomic E-state index is 9.85. The van der Waals surface area contributed by atoms with E-state index >= 15 is 0 Å². The van der Waals surface area contributed by atoms with Crippen LogP contribution in [0.1, 0.15) is 0 Å². The van der Waals surface area contributed by atoms with Gasteiger partial charge in [-0.3, -0.25) is 0 Å². The number of anilines is 6. The van der Waals surface area contributed by atoms with Crippen molar-refractivity contribution in [3.63, 3.8) is 0 Å². The van der Waals surface area contributed by atoms with Gasteiger partial charge >= 0.3 is 7.12 Å². The molecule has 0 amide bonds. The summed E-state index contributed by atoms with van der Waals surface area (Å²) in [5, 5.41) is 24.3. The predicted octanol–water partition coefficient (Wildman–Crippen LogP) is 23.0. The fraction of sp³-hybridized carbons (Fsp3) is 0. The Labute approximate surface area is 563 Å². The smallest absolute Gasteiger partial charge is 0.455 e. The first-order chi connectivity index (χ1) is 47.9. The lowest BCUT2D eigenvalue weighted by molar-refractivity contribution is 0.426. The van der Waals surface area contributed by atoms with E-state index in [0.29, 0.717) is 5.46 Å². The lowest BCUT2D eigenvalue weighted by Gasteiger charge is -2.26. The van der Waals surface area contributed by atoms with Gasteiger partial charge in [0.1, 0.15) is 11.2 Å². The highest BCUT2D eigenvalue weighted by molar-refractivity contribution is 6.58. The van der Waals surface area contributed by atoms with Gasteiger partial charge in [0.25, 0.3) is 0 Å². The van der Waals surface area contributed by atoms with E-state index in [9.17, 15) is 10.0 Å². The molecular formula is C90H62BN3O3. The summed E-state index contributed by atoms with van der Waals surface area (Å²) < 4.78 is 9.43. The molecule has 7 heteroatoms. The van der Waals surface area contributed by atoms with Crippen LogP contribution >= 0.6 is 0 Å². The van der Waals surface area contributed by atoms with E-state index in [4.69, 9.17) is 4.42 Å². The van der Waals surface area contributed by atoms with Crippen LogP contribution in [0.5, 0.6) is 0 Å². The van der Waals surface area contributed by atoms with Gasteiger partial charge in [0, 0.05) is 72.5 Å². The molecule has 458 valence electrons. The van der Waals surface area contributed by atoms with Crippen molar-refractivity contribution >= 4 is 90.4 Å². The first-order valence-electron chi connectivity index (χ1n) is 32.8. The van der Waals surface area contributed by atoms with Gasteiger partial charge in [-0.1, -0.05) is 261 Å². The quantitative estimate of drug-likeness (QED) is 0.100. The van der Waals surface area contributed by atoms with E-state index in [1.807, 2.05) is 18.2 Å². The number of furan rings is 1. The van der Waals surface area contributed by atoms with Crippen LogP contribution in [0.3, 0.4) is 0 Å². The van der Waals surface area contributed by atoms with Crippen LogP contribution in [0.2, 0.25) is 0 Å². The van der Waals surface area contributed by atoms with Crippen LogP contribution in [0, 0.1) is 0 Å². The SMILES string of the molecule is OB(O)c1ccc(N(c2ccc(-c3ccccc3)cc2)c2ccc(-c3ccc(-c4ccc(-c5ccc(N(c6ccc(-c7ccccc7)cc6)c6ccc(-c7cccc8c7oc7c(-c9ccc%10c(c9)c9ccccc9n%10-c9ccccc9)cccc78)cc6)cc5)cc4)cc3)cc2)cc1. The topological polar surface area (TPSA) is 65.0 Å². The third-order valence-electron chi connectivity index (χ3n) is 18.9. The molecule has 0 radical (unpaired) electrons. The summed E-state index contributed by atoms with van der Waals surface area (Å²) in [5.74, 6) is 0. The van der Waals surface area contributed by atoms with Crippen molar-refractivity contribution < 1.29 is 14.5 Å². The fourth-order valence-electron chi connectivity index (χ4n) is 13.9. The Bertz CT molecular complexity index is 5640. The number of fused-ring (bicyclic) bond motifs is 6. The molecule has 0 aliphatic rings. The Hall–Kier alpha value is -12.5. The van der Waals surface area contributed by atoms with E-state index < -0.39 is 7.12 Å². The second kappa shape index (κ2) is 25.1. The molecule has 6 nitrogen and oxygen atoms in total. The summed E-state index contributed by atoms with van der Waals surface area (Å²) in [6.45, 7) is 0. The number of nitrogens with zero attached hydrogens (tertiary/aromatic N) is 3. The average Bonchev–Trinajstić information content (AvgIpc) is 1.60. The van der Waals surface area contributed by atoms with E-state index in [1.165, 1.54) is 27.4 Å². The van der Waals surface area contributed by atoms with Crippen molar-refractivity contribution in [2.45, 2.75) is 0 Å². The van der Waals surface area contributed by atoms with Crippen LogP contribution in [-0.2, 0) is 0 Å². The minimum absolute atomic E-state index is 0.439. The van der Waals surface area contributed by atoms with Gasteiger partial charge in [-0.25, -0.2) is 0 Å². The highest BCUT2D eigenvalue weighted by Gasteiger charge is 2.21. The largest absolute Gasteiger partial charge is 0.488 e. The highest BCUT2D eigenvalue weighted by Crippen LogP contribution is 2.45. The van der Waals surface area contributed by atoms with Gasteiger partial charge in [-0.15, -0.1) is 0 Å². The summed E-state index contributed by atoms with van der Waals surface area (Å²) in [7, 11) is -1.54. The zero-order valence-corrected chi connectivity index (χ0v) is 52.9. The number of para-hydroxylation sites is 4. The third kappa shape index (κ3) is 11.1. The number of aromatic nitrogens is 1. The van der Waals surface area contributed by atoms with Crippen LogP contribution in [0.25, 0.3) is 127 Å². The van der Waals surface area contributed by atoms with Crippen LogP contribution in [0.4, 0.5) is 34.1 Å². The first kappa shape index (κ1) is 58.3. The molecule has 0 aliphatic carbocycles. The van der Waals surface area contributed by atoms with Crippen LogP contribution in [-0.4, -0.2) is 21.7 Å². The summed E-state index contributed by atoms with van der Waals surface area (Å²) >= 11 is 0. The number of hydrogen-bond donors (Lipinski definition) is 2. The maximum Gasteiger partial charge on any atom is 0.488 e. The molecule has 2 aromatic heterocycles. The lowest BCUT2D eigenvalue weighted by atomic mass is 9.80. The summed E-state index contributed by atoms with van der Waals surface area (Å²) in [6, 6.07) is 129. The van der Waals surface area contributed by atoms with Crippen molar-refractivity contribution in [2.75, 3.05) is 9.80 Å². The van der Waals surface area contributed by atoms with Gasteiger partial charge in [-0.2, -0.15) is 0 Å². The Morgan fingerprint density at radius 1 is 0.237 bits per heavy atom. The molecule has 97 heavy (non-hydrogen) atoms. The molecule has 0 saturated carbocycles. The normalized spacial score (nSPS) is 11.4. The van der Waals surface area contributed by atoms with Crippen LogP contribution in [0.15, 0.2) is 368 Å². The Morgan fingerprint density at radius 2 is 0.536 bits per heavy atom. The zero-order valence-electron chi connectivity index (χ0n) is 52.9. The molecular weight excluding hydrogens is 1180 g/mol. The second-order valence-corrected chi connectivity index (χ2v) is 24.6. The molecule has 0 atom stereocenters. The van der Waals surface area contributed by atoms with Crippen molar-refractivity contribution in [3.8, 4) is 83.6 Å². The monoisotopic (exact) mass is 1240 g/mol. The summed E-state index contributed by atoms with van der Waals surface area (Å²) in [6.07, 6.45) is 0. The van der Waals surface area contributed by atoms with E-state index in [1.54, 1.807) is 12.1 Å². The van der Waals surface area contributed by atoms with E-state index in [2.05, 4.69) is 348 Å². The minimum Gasteiger partial charge on any atom is -0.455 e. The lowest BCUT2D eigenvalue weighted by Crippen LogP contribution is -2.29. The van der Waals surface area contributed by atoms with E-state index in [-0.39, 0.29) is 0 Å². The fourth-order valence-corrected chi connectivity index (χ4v) is 13.9. The van der Waals surface area contributed by atoms with Gasteiger partial charge < -0.3 is 28.8 Å². The van der Waals surface area contributed by atoms with Gasteiger partial charge in [0.05, 0.1) is 11.0 Å². The molecule has 0 unspecified atom stereocenters.